The Morgan fingerprint density at radius 3 is 2.40 bits per heavy atom. The second-order valence-electron chi connectivity index (χ2n) is 5.53. The van der Waals surface area contributed by atoms with E-state index in [1.54, 1.807) is 23.1 Å². The highest BCUT2D eigenvalue weighted by Gasteiger charge is 2.27. The molecular formula is C16H14Cl2N4O3. The molecule has 1 saturated heterocycles. The van der Waals surface area contributed by atoms with Crippen molar-refractivity contribution in [2.75, 3.05) is 31.1 Å². The fourth-order valence-electron chi connectivity index (χ4n) is 2.74. The summed E-state index contributed by atoms with van der Waals surface area (Å²) >= 11 is 11.7. The predicted molar refractivity (Wildman–Crippen MR) is 95.5 cm³/mol. The zero-order valence-electron chi connectivity index (χ0n) is 13.1. The highest BCUT2D eigenvalue weighted by Crippen LogP contribution is 2.31. The third kappa shape index (κ3) is 3.83. The minimum atomic E-state index is -0.450. The van der Waals surface area contributed by atoms with Crippen LogP contribution in [0.2, 0.25) is 10.0 Å². The van der Waals surface area contributed by atoms with Crippen molar-refractivity contribution in [2.24, 2.45) is 0 Å². The summed E-state index contributed by atoms with van der Waals surface area (Å²) in [5, 5.41) is 12.0. The highest BCUT2D eigenvalue weighted by atomic mass is 35.5. The molecule has 25 heavy (non-hydrogen) atoms. The van der Waals surface area contributed by atoms with Crippen LogP contribution in [0.15, 0.2) is 36.5 Å². The van der Waals surface area contributed by atoms with Crippen LogP contribution < -0.4 is 4.90 Å². The van der Waals surface area contributed by atoms with E-state index in [4.69, 9.17) is 23.2 Å². The van der Waals surface area contributed by atoms with Gasteiger partial charge in [0.05, 0.1) is 4.92 Å². The van der Waals surface area contributed by atoms with Crippen LogP contribution in [0.4, 0.5) is 11.4 Å². The number of rotatable bonds is 3. The zero-order chi connectivity index (χ0) is 18.0. The lowest BCUT2D eigenvalue weighted by Crippen LogP contribution is -2.49. The van der Waals surface area contributed by atoms with E-state index < -0.39 is 4.92 Å². The summed E-state index contributed by atoms with van der Waals surface area (Å²) in [4.78, 5) is 30.9. The molecule has 1 aromatic heterocycles. The Morgan fingerprint density at radius 2 is 1.76 bits per heavy atom. The maximum Gasteiger partial charge on any atom is 0.294 e. The molecule has 1 amide bonds. The van der Waals surface area contributed by atoms with E-state index in [1.165, 1.54) is 18.3 Å². The number of hydrogen-bond donors (Lipinski definition) is 0. The topological polar surface area (TPSA) is 79.6 Å². The van der Waals surface area contributed by atoms with Crippen molar-refractivity contribution < 1.29 is 9.72 Å². The standard InChI is InChI=1S/C16H14Cl2N4O3/c17-11-1-2-14(15(10-11)22(24)25)20-5-7-21(8-6-20)16(23)13-9-12(18)3-4-19-13/h1-4,9-10H,5-8H2. The Hall–Kier alpha value is -2.38. The van der Waals surface area contributed by atoms with E-state index in [2.05, 4.69) is 4.98 Å². The van der Waals surface area contributed by atoms with Crippen molar-refractivity contribution in [1.82, 2.24) is 9.88 Å². The Kier molecular flexibility index (Phi) is 5.06. The van der Waals surface area contributed by atoms with Crippen molar-refractivity contribution in [2.45, 2.75) is 0 Å². The van der Waals surface area contributed by atoms with Crippen molar-refractivity contribution in [3.05, 3.63) is 62.4 Å². The van der Waals surface area contributed by atoms with Gasteiger partial charge in [0.15, 0.2) is 0 Å². The first-order valence-electron chi connectivity index (χ1n) is 7.55. The number of halogens is 2. The Labute approximate surface area is 153 Å². The summed E-state index contributed by atoms with van der Waals surface area (Å²) < 4.78 is 0. The van der Waals surface area contributed by atoms with Crippen LogP contribution >= 0.6 is 23.2 Å². The number of aromatic nitrogens is 1. The first-order valence-corrected chi connectivity index (χ1v) is 8.31. The number of pyridine rings is 1. The van der Waals surface area contributed by atoms with E-state index in [0.29, 0.717) is 47.6 Å². The number of carbonyl (C=O) groups is 1. The van der Waals surface area contributed by atoms with Gasteiger partial charge in [-0.25, -0.2) is 0 Å². The predicted octanol–water partition coefficient (Wildman–Crippen LogP) is 3.26. The molecule has 0 saturated carbocycles. The van der Waals surface area contributed by atoms with Crippen molar-refractivity contribution in [3.63, 3.8) is 0 Å². The van der Waals surface area contributed by atoms with Gasteiger partial charge in [-0.05, 0) is 24.3 Å². The monoisotopic (exact) mass is 380 g/mol. The molecule has 0 N–H and O–H groups in total. The molecule has 1 aromatic carbocycles. The summed E-state index contributed by atoms with van der Waals surface area (Å²) in [6, 6.07) is 7.73. The van der Waals surface area contributed by atoms with Gasteiger partial charge in [-0.2, -0.15) is 0 Å². The van der Waals surface area contributed by atoms with Crippen LogP contribution in [0.1, 0.15) is 10.5 Å². The molecule has 1 aliphatic heterocycles. The van der Waals surface area contributed by atoms with Crippen LogP contribution in [0.25, 0.3) is 0 Å². The fourth-order valence-corrected chi connectivity index (χ4v) is 3.07. The summed E-state index contributed by atoms with van der Waals surface area (Å²) in [7, 11) is 0. The largest absolute Gasteiger partial charge is 0.362 e. The number of amides is 1. The minimum Gasteiger partial charge on any atom is -0.362 e. The minimum absolute atomic E-state index is 0.0382. The third-order valence-electron chi connectivity index (χ3n) is 3.98. The van der Waals surface area contributed by atoms with Gasteiger partial charge in [0.1, 0.15) is 11.4 Å². The van der Waals surface area contributed by atoms with E-state index in [9.17, 15) is 14.9 Å². The second kappa shape index (κ2) is 7.25. The maximum absolute atomic E-state index is 12.5. The van der Waals surface area contributed by atoms with Crippen LogP contribution in [-0.4, -0.2) is 46.9 Å². The molecule has 0 unspecified atom stereocenters. The molecule has 0 spiro atoms. The molecule has 0 atom stereocenters. The molecule has 1 aliphatic rings. The van der Waals surface area contributed by atoms with E-state index in [0.717, 1.165) is 0 Å². The number of anilines is 1. The van der Waals surface area contributed by atoms with Gasteiger partial charge in [-0.15, -0.1) is 0 Å². The van der Waals surface area contributed by atoms with Crippen molar-refractivity contribution in [3.8, 4) is 0 Å². The van der Waals surface area contributed by atoms with Crippen LogP contribution in [-0.2, 0) is 0 Å². The molecule has 3 rings (SSSR count). The average molecular weight is 381 g/mol. The Balaban J connectivity index is 1.72. The summed E-state index contributed by atoms with van der Waals surface area (Å²) in [5.41, 5.74) is 0.754. The number of hydrogen-bond acceptors (Lipinski definition) is 5. The van der Waals surface area contributed by atoms with Crippen LogP contribution in [0.3, 0.4) is 0 Å². The molecule has 130 valence electrons. The molecule has 7 nitrogen and oxygen atoms in total. The summed E-state index contributed by atoms with van der Waals surface area (Å²) in [6.07, 6.45) is 1.49. The van der Waals surface area contributed by atoms with Gasteiger partial charge in [0, 0.05) is 48.5 Å². The lowest BCUT2D eigenvalue weighted by atomic mass is 10.2. The van der Waals surface area contributed by atoms with Crippen molar-refractivity contribution in [1.29, 1.82) is 0 Å². The first kappa shape index (κ1) is 17.4. The number of nitro benzene ring substituents is 1. The quantitative estimate of drug-likeness (QED) is 0.602. The zero-order valence-corrected chi connectivity index (χ0v) is 14.6. The van der Waals surface area contributed by atoms with Gasteiger partial charge >= 0.3 is 0 Å². The fraction of sp³-hybridized carbons (Fsp3) is 0.250. The van der Waals surface area contributed by atoms with Crippen molar-refractivity contribution >= 4 is 40.5 Å². The number of nitro groups is 1. The highest BCUT2D eigenvalue weighted by molar-refractivity contribution is 6.31. The summed E-state index contributed by atoms with van der Waals surface area (Å²) in [6.45, 7) is 1.84. The third-order valence-corrected chi connectivity index (χ3v) is 4.45. The van der Waals surface area contributed by atoms with Gasteiger partial charge in [0.25, 0.3) is 11.6 Å². The van der Waals surface area contributed by atoms with Gasteiger partial charge < -0.3 is 9.80 Å². The van der Waals surface area contributed by atoms with Gasteiger partial charge in [0.2, 0.25) is 0 Å². The number of nitrogens with zero attached hydrogens (tertiary/aromatic N) is 4. The Bertz CT molecular complexity index is 823. The van der Waals surface area contributed by atoms with E-state index in [-0.39, 0.29) is 11.6 Å². The van der Waals surface area contributed by atoms with Gasteiger partial charge in [-0.1, -0.05) is 23.2 Å². The SMILES string of the molecule is O=C(c1cc(Cl)ccn1)N1CCN(c2ccc(Cl)cc2[N+](=O)[O-])CC1. The average Bonchev–Trinajstić information content (AvgIpc) is 2.61. The molecular weight excluding hydrogens is 367 g/mol. The van der Waals surface area contributed by atoms with Crippen LogP contribution in [0, 0.1) is 10.1 Å². The number of piperazine rings is 1. The second-order valence-corrected chi connectivity index (χ2v) is 6.40. The van der Waals surface area contributed by atoms with E-state index >= 15 is 0 Å². The number of carbonyl (C=O) groups excluding carboxylic acids is 1. The van der Waals surface area contributed by atoms with E-state index in [1.807, 2.05) is 4.90 Å². The molecule has 0 aliphatic carbocycles. The molecule has 2 heterocycles. The molecule has 0 bridgehead atoms. The lowest BCUT2D eigenvalue weighted by Gasteiger charge is -2.35. The molecule has 2 aromatic rings. The molecule has 1 fully saturated rings. The summed E-state index contributed by atoms with van der Waals surface area (Å²) in [5.74, 6) is -0.201. The lowest BCUT2D eigenvalue weighted by molar-refractivity contribution is -0.384. The number of benzene rings is 1. The molecule has 0 radical (unpaired) electrons. The maximum atomic E-state index is 12.5. The normalized spacial score (nSPS) is 14.5. The first-order chi connectivity index (χ1) is 12.0. The van der Waals surface area contributed by atoms with Gasteiger partial charge in [-0.3, -0.25) is 19.9 Å². The Morgan fingerprint density at radius 1 is 1.08 bits per heavy atom. The smallest absolute Gasteiger partial charge is 0.294 e. The van der Waals surface area contributed by atoms with Crippen LogP contribution in [0.5, 0.6) is 0 Å². The molecule has 9 heteroatoms.